The molecule has 6 N–H and O–H groups in total. The summed E-state index contributed by atoms with van der Waals surface area (Å²) in [4.78, 5) is 63.1. The Bertz CT molecular complexity index is 1400. The zero-order chi connectivity index (χ0) is 38.4. The first-order valence-electron chi connectivity index (χ1n) is 15.4. The molecule has 0 radical (unpaired) electrons. The van der Waals surface area contributed by atoms with Gasteiger partial charge < -0.3 is 36.0 Å². The molecule has 1 aromatic carbocycles. The summed E-state index contributed by atoms with van der Waals surface area (Å²) in [6.07, 6.45) is -2.80. The van der Waals surface area contributed by atoms with Gasteiger partial charge in [-0.1, -0.05) is 57.0 Å². The number of carboxylic acid groups (broad SMARTS) is 2. The number of imidazole rings is 1. The molecule has 0 spiro atoms. The van der Waals surface area contributed by atoms with E-state index in [2.05, 4.69) is 22.5 Å². The molecule has 280 valence electrons. The van der Waals surface area contributed by atoms with Crippen molar-refractivity contribution >= 4 is 35.5 Å². The lowest BCUT2D eigenvalue weighted by atomic mass is 9.97. The third kappa shape index (κ3) is 14.8. The monoisotopic (exact) mass is 724 g/mol. The van der Waals surface area contributed by atoms with E-state index in [9.17, 15) is 40.7 Å². The van der Waals surface area contributed by atoms with Gasteiger partial charge in [0, 0.05) is 19.3 Å². The first-order chi connectivity index (χ1) is 23.0. The Labute approximate surface area is 284 Å². The van der Waals surface area contributed by atoms with Crippen molar-refractivity contribution in [1.82, 2.24) is 19.8 Å². The van der Waals surface area contributed by atoms with Gasteiger partial charge in [-0.15, -0.1) is 0 Å². The molecule has 1 aliphatic heterocycles. The molecule has 1 saturated heterocycles. The molecule has 50 heavy (non-hydrogen) atoms. The van der Waals surface area contributed by atoms with Crippen molar-refractivity contribution in [2.45, 2.75) is 89.8 Å². The number of nitrogens with zero attached hydrogens (tertiary/aromatic N) is 3. The van der Waals surface area contributed by atoms with E-state index in [1.54, 1.807) is 30.9 Å². The summed E-state index contributed by atoms with van der Waals surface area (Å²) < 4.78 is 65.2. The molecule has 2 aromatic rings. The molecule has 1 aliphatic rings. The summed E-state index contributed by atoms with van der Waals surface area (Å²) in [5.74, 6) is -5.32. The average molecular weight is 725 g/mol. The summed E-state index contributed by atoms with van der Waals surface area (Å²) in [5.41, 5.74) is 5.66. The van der Waals surface area contributed by atoms with E-state index in [1.165, 1.54) is 0 Å². The molecule has 1 unspecified atom stereocenters. The number of aromatic nitrogens is 2. The van der Waals surface area contributed by atoms with Gasteiger partial charge in [-0.2, -0.15) is 26.3 Å². The molecule has 13 nitrogen and oxygen atoms in total. The maximum Gasteiger partial charge on any atom is 0.490 e. The smallest absolute Gasteiger partial charge is 0.475 e. The van der Waals surface area contributed by atoms with Gasteiger partial charge in [0.15, 0.2) is 5.82 Å². The second kappa shape index (κ2) is 18.9. The highest BCUT2D eigenvalue weighted by molar-refractivity contribution is 5.98. The summed E-state index contributed by atoms with van der Waals surface area (Å²) in [5, 5.41) is 19.8. The van der Waals surface area contributed by atoms with Crippen molar-refractivity contribution in [3.63, 3.8) is 0 Å². The number of nitrogens with two attached hydrogens (primary N) is 1. The number of aliphatic carboxylic acids is 2. The van der Waals surface area contributed by atoms with Crippen LogP contribution < -0.4 is 16.4 Å². The number of nitrogens with one attached hydrogen (secondary N) is 2. The van der Waals surface area contributed by atoms with Gasteiger partial charge in [0.2, 0.25) is 17.7 Å². The van der Waals surface area contributed by atoms with Gasteiger partial charge >= 0.3 is 24.3 Å². The van der Waals surface area contributed by atoms with Crippen LogP contribution in [0.2, 0.25) is 0 Å². The molecule has 2 atom stereocenters. The maximum absolute atomic E-state index is 13.6. The minimum atomic E-state index is -5.08. The molecule has 1 fully saturated rings. The number of carbonyl (C=O) groups is 5. The van der Waals surface area contributed by atoms with Crippen LogP contribution in [0.1, 0.15) is 71.4 Å². The summed E-state index contributed by atoms with van der Waals surface area (Å²) in [7, 11) is 0. The highest BCUT2D eigenvalue weighted by Gasteiger charge is 2.39. The molecule has 0 saturated carbocycles. The van der Waals surface area contributed by atoms with Crippen LogP contribution in [-0.4, -0.2) is 91.3 Å². The summed E-state index contributed by atoms with van der Waals surface area (Å²) in [6.45, 7) is 8.90. The van der Waals surface area contributed by atoms with Gasteiger partial charge in [-0.3, -0.25) is 14.4 Å². The fraction of sp³-hybridized carbons (Fsp3) is 0.548. The maximum atomic E-state index is 13.6. The average Bonchev–Trinajstić information content (AvgIpc) is 3.46. The lowest BCUT2D eigenvalue weighted by Gasteiger charge is -2.33. The Morgan fingerprint density at radius 1 is 0.960 bits per heavy atom. The summed E-state index contributed by atoms with van der Waals surface area (Å²) in [6, 6.07) is 8.29. The van der Waals surface area contributed by atoms with Gasteiger partial charge in [0.25, 0.3) is 0 Å². The van der Waals surface area contributed by atoms with Crippen molar-refractivity contribution in [2.75, 3.05) is 18.4 Å². The van der Waals surface area contributed by atoms with Crippen molar-refractivity contribution < 1.29 is 60.5 Å². The number of carbonyl (C=O) groups excluding carboxylic acids is 3. The quantitative estimate of drug-likeness (QED) is 0.221. The van der Waals surface area contributed by atoms with Crippen LogP contribution in [-0.2, 0) is 24.0 Å². The minimum Gasteiger partial charge on any atom is -0.475 e. The minimum absolute atomic E-state index is 0.0154. The van der Waals surface area contributed by atoms with Crippen LogP contribution in [0.25, 0.3) is 0 Å². The van der Waals surface area contributed by atoms with Gasteiger partial charge in [-0.05, 0) is 44.6 Å². The van der Waals surface area contributed by atoms with E-state index in [-0.39, 0.29) is 11.8 Å². The van der Waals surface area contributed by atoms with Crippen LogP contribution >= 0.6 is 0 Å². The van der Waals surface area contributed by atoms with Crippen molar-refractivity contribution in [3.05, 3.63) is 48.4 Å². The van der Waals surface area contributed by atoms with E-state index in [0.717, 1.165) is 44.3 Å². The number of piperidine rings is 1. The number of rotatable bonds is 10. The van der Waals surface area contributed by atoms with E-state index in [1.807, 2.05) is 42.2 Å². The Balaban J connectivity index is 0.000000748. The third-order valence-corrected chi connectivity index (χ3v) is 7.13. The molecular formula is C31H42F6N6O7. The highest BCUT2D eigenvalue weighted by Crippen LogP contribution is 2.26. The van der Waals surface area contributed by atoms with Crippen molar-refractivity contribution in [1.29, 1.82) is 0 Å². The third-order valence-electron chi connectivity index (χ3n) is 7.13. The number of likely N-dealkylation sites (tertiary alicyclic amines) is 1. The highest BCUT2D eigenvalue weighted by atomic mass is 19.4. The van der Waals surface area contributed by atoms with Gasteiger partial charge in [0.1, 0.15) is 12.1 Å². The van der Waals surface area contributed by atoms with Crippen LogP contribution in [0.3, 0.4) is 0 Å². The van der Waals surface area contributed by atoms with Crippen molar-refractivity contribution in [3.8, 4) is 0 Å². The largest absolute Gasteiger partial charge is 0.490 e. The molecule has 1 aromatic heterocycles. The number of amides is 3. The molecule has 2 heterocycles. The second-order valence-corrected chi connectivity index (χ2v) is 12.0. The normalized spacial score (nSPS) is 14.9. The zero-order valence-electron chi connectivity index (χ0n) is 27.8. The lowest BCUT2D eigenvalue weighted by Crippen LogP contribution is -2.54. The molecule has 3 rings (SSSR count). The molecule has 0 aliphatic carbocycles. The number of halogens is 6. The van der Waals surface area contributed by atoms with Crippen molar-refractivity contribution in [2.24, 2.45) is 11.7 Å². The number of anilines is 1. The Morgan fingerprint density at radius 3 is 1.90 bits per heavy atom. The number of hydrogen-bond acceptors (Lipinski definition) is 7. The molecule has 0 bridgehead atoms. The van der Waals surface area contributed by atoms with E-state index in [0.29, 0.717) is 18.2 Å². The first-order valence-corrected chi connectivity index (χ1v) is 15.4. The Kier molecular flexibility index (Phi) is 16.4. The molecular weight excluding hydrogens is 682 g/mol. The van der Waals surface area contributed by atoms with E-state index in [4.69, 9.17) is 25.5 Å². The number of hydrogen-bond donors (Lipinski definition) is 5. The summed E-state index contributed by atoms with van der Waals surface area (Å²) >= 11 is 0. The predicted octanol–water partition coefficient (Wildman–Crippen LogP) is 4.35. The number of carboxylic acids is 2. The molecule has 19 heteroatoms. The van der Waals surface area contributed by atoms with E-state index < -0.39 is 47.8 Å². The van der Waals surface area contributed by atoms with Crippen LogP contribution in [0, 0.1) is 5.92 Å². The fourth-order valence-corrected chi connectivity index (χ4v) is 4.26. The number of unbranched alkanes of at least 4 members (excludes halogenated alkanes) is 1. The Hall–Kier alpha value is -4.68. The SMILES string of the molecule is CCCC[C@@H](NC(=O)C(C)(C)N)C(=O)Nc1cn(C(C(=O)N2CCC(C)CC2)c2ccccc2)cn1.O=C(O)C(F)(F)F.O=C(O)C(F)(F)F. The lowest BCUT2D eigenvalue weighted by molar-refractivity contribution is -0.193. The standard InChI is InChI=1S/C27H40N6O3.2C2HF3O2/c1-5-6-12-21(30-26(36)27(3,4)28)24(34)31-22-17-33(18-29-22)23(20-10-8-7-9-11-20)25(35)32-15-13-19(2)14-16-32;2*3-2(4,5)1(6)7/h7-11,17-19,21,23H,5-6,12-16,28H2,1-4H3,(H,30,36)(H,31,34);2*(H,6,7)/t21-,23?;;/m1../s1. The topological polar surface area (TPSA) is 197 Å². The van der Waals surface area contributed by atoms with Crippen LogP contribution in [0.4, 0.5) is 32.2 Å². The number of benzene rings is 1. The second-order valence-electron chi connectivity index (χ2n) is 12.0. The Morgan fingerprint density at radius 2 is 1.46 bits per heavy atom. The first kappa shape index (κ1) is 43.3. The van der Waals surface area contributed by atoms with Gasteiger partial charge in [-0.25, -0.2) is 14.6 Å². The van der Waals surface area contributed by atoms with Crippen LogP contribution in [0.5, 0.6) is 0 Å². The van der Waals surface area contributed by atoms with E-state index >= 15 is 0 Å². The number of alkyl halides is 6. The molecule has 3 amide bonds. The zero-order valence-corrected chi connectivity index (χ0v) is 27.8. The van der Waals surface area contributed by atoms with Crippen LogP contribution in [0.15, 0.2) is 42.9 Å². The van der Waals surface area contributed by atoms with Gasteiger partial charge in [0.05, 0.1) is 11.9 Å². The predicted molar refractivity (Wildman–Crippen MR) is 168 cm³/mol. The fourth-order valence-electron chi connectivity index (χ4n) is 4.26.